The van der Waals surface area contributed by atoms with E-state index in [1.54, 1.807) is 6.07 Å². The summed E-state index contributed by atoms with van der Waals surface area (Å²) in [5.41, 5.74) is -1.08. The van der Waals surface area contributed by atoms with Crippen molar-refractivity contribution < 1.29 is 14.7 Å². The smallest absolute Gasteiger partial charge is 0.309 e. The maximum atomic E-state index is 11.0. The molecule has 5 nitrogen and oxygen atoms in total. The maximum Gasteiger partial charge on any atom is 0.309 e. The monoisotopic (exact) mass is 184 g/mol. The van der Waals surface area contributed by atoms with Crippen molar-refractivity contribution in [3.05, 3.63) is 0 Å². The first kappa shape index (κ1) is 11.4. The molecule has 0 atom stereocenters. The number of carboxylic acid groups (broad SMARTS) is 1. The second-order valence-electron chi connectivity index (χ2n) is 3.30. The van der Waals surface area contributed by atoms with E-state index in [9.17, 15) is 9.59 Å². The highest BCUT2D eigenvalue weighted by atomic mass is 16.4. The first-order valence-corrected chi connectivity index (χ1v) is 3.77. The summed E-state index contributed by atoms with van der Waals surface area (Å²) in [6, 6.07) is 1.73. The molecule has 0 unspecified atom stereocenters. The quantitative estimate of drug-likeness (QED) is 0.607. The third-order valence-electron chi connectivity index (χ3n) is 1.55. The molecule has 0 radical (unpaired) electrons. The molecule has 0 aromatic rings. The van der Waals surface area contributed by atoms with Crippen LogP contribution in [0.4, 0.5) is 0 Å². The average molecular weight is 184 g/mol. The number of amides is 1. The summed E-state index contributed by atoms with van der Waals surface area (Å²) in [6.45, 7) is 2.83. The van der Waals surface area contributed by atoms with Gasteiger partial charge in [0.2, 0.25) is 5.91 Å². The topological polar surface area (TPSA) is 90.2 Å². The van der Waals surface area contributed by atoms with E-state index < -0.39 is 17.3 Å². The molecule has 0 rings (SSSR count). The van der Waals surface area contributed by atoms with Gasteiger partial charge in [-0.3, -0.25) is 9.59 Å². The molecule has 1 amide bonds. The lowest BCUT2D eigenvalue weighted by Crippen LogP contribution is -2.33. The van der Waals surface area contributed by atoms with E-state index in [4.69, 9.17) is 10.4 Å². The van der Waals surface area contributed by atoms with Gasteiger partial charge in [0.1, 0.15) is 6.54 Å². The van der Waals surface area contributed by atoms with Crippen molar-refractivity contribution in [3.8, 4) is 6.07 Å². The summed E-state index contributed by atoms with van der Waals surface area (Å²) in [5.74, 6) is -1.45. The summed E-state index contributed by atoms with van der Waals surface area (Å²) < 4.78 is 0. The predicted octanol–water partition coefficient (Wildman–Crippen LogP) is 0.127. The highest BCUT2D eigenvalue weighted by molar-refractivity contribution is 5.84. The number of rotatable bonds is 4. The standard InChI is InChI=1S/C8H12N2O3/c1-8(2,7(12)13)5-6(11)10-4-3-9/h4-5H2,1-2H3,(H,10,11)(H,12,13). The summed E-state index contributed by atoms with van der Waals surface area (Å²) in [4.78, 5) is 21.6. The number of nitrogens with zero attached hydrogens (tertiary/aromatic N) is 1. The highest BCUT2D eigenvalue weighted by Crippen LogP contribution is 2.19. The second-order valence-corrected chi connectivity index (χ2v) is 3.30. The fraction of sp³-hybridized carbons (Fsp3) is 0.625. The maximum absolute atomic E-state index is 11.0. The lowest BCUT2D eigenvalue weighted by molar-refractivity contribution is -0.149. The van der Waals surface area contributed by atoms with Crippen molar-refractivity contribution in [2.75, 3.05) is 6.54 Å². The molecule has 72 valence electrons. The van der Waals surface area contributed by atoms with Crippen LogP contribution in [0.5, 0.6) is 0 Å². The molecule has 0 heterocycles. The largest absolute Gasteiger partial charge is 0.481 e. The predicted molar refractivity (Wildman–Crippen MR) is 44.7 cm³/mol. The molecular weight excluding hydrogens is 172 g/mol. The zero-order chi connectivity index (χ0) is 10.5. The van der Waals surface area contributed by atoms with Crippen molar-refractivity contribution >= 4 is 11.9 Å². The number of carbonyl (C=O) groups is 2. The van der Waals surface area contributed by atoms with Crippen LogP contribution >= 0.6 is 0 Å². The Kier molecular flexibility index (Phi) is 3.92. The number of aliphatic carboxylic acids is 1. The number of carboxylic acids is 1. The molecule has 5 heteroatoms. The molecule has 0 saturated carbocycles. The molecular formula is C8H12N2O3. The first-order valence-electron chi connectivity index (χ1n) is 3.77. The van der Waals surface area contributed by atoms with E-state index in [2.05, 4.69) is 5.32 Å². The second kappa shape index (κ2) is 4.45. The number of hydrogen-bond donors (Lipinski definition) is 2. The normalized spacial score (nSPS) is 10.2. The molecule has 0 aromatic carbocycles. The van der Waals surface area contributed by atoms with Gasteiger partial charge in [-0.1, -0.05) is 0 Å². The summed E-state index contributed by atoms with van der Waals surface area (Å²) in [6.07, 6.45) is -0.121. The zero-order valence-electron chi connectivity index (χ0n) is 7.63. The fourth-order valence-electron chi connectivity index (χ4n) is 0.678. The van der Waals surface area contributed by atoms with Gasteiger partial charge in [0.15, 0.2) is 0 Å². The highest BCUT2D eigenvalue weighted by Gasteiger charge is 2.29. The van der Waals surface area contributed by atoms with Gasteiger partial charge < -0.3 is 10.4 Å². The fourth-order valence-corrected chi connectivity index (χ4v) is 0.678. The zero-order valence-corrected chi connectivity index (χ0v) is 7.63. The summed E-state index contributed by atoms with van der Waals surface area (Å²) in [5, 5.41) is 19.1. The van der Waals surface area contributed by atoms with Gasteiger partial charge in [0.05, 0.1) is 11.5 Å². The van der Waals surface area contributed by atoms with Gasteiger partial charge in [-0.2, -0.15) is 5.26 Å². The Morgan fingerprint density at radius 2 is 2.08 bits per heavy atom. The Bertz CT molecular complexity index is 253. The van der Waals surface area contributed by atoms with Gasteiger partial charge >= 0.3 is 5.97 Å². The Balaban J connectivity index is 4.06. The number of nitrogens with one attached hydrogen (secondary N) is 1. The van der Waals surface area contributed by atoms with Crippen molar-refractivity contribution in [3.63, 3.8) is 0 Å². The first-order chi connectivity index (χ1) is 5.90. The lowest BCUT2D eigenvalue weighted by Gasteiger charge is -2.17. The van der Waals surface area contributed by atoms with Gasteiger partial charge in [-0.05, 0) is 13.8 Å². The molecule has 0 aliphatic carbocycles. The summed E-state index contributed by atoms with van der Waals surface area (Å²) in [7, 11) is 0. The Labute approximate surface area is 76.4 Å². The third-order valence-corrected chi connectivity index (χ3v) is 1.55. The van der Waals surface area contributed by atoms with E-state index in [-0.39, 0.29) is 13.0 Å². The van der Waals surface area contributed by atoms with Gasteiger partial charge in [0, 0.05) is 6.42 Å². The van der Waals surface area contributed by atoms with E-state index in [0.717, 1.165) is 0 Å². The van der Waals surface area contributed by atoms with Crippen LogP contribution in [-0.2, 0) is 9.59 Å². The third kappa shape index (κ3) is 4.11. The van der Waals surface area contributed by atoms with Crippen molar-refractivity contribution in [1.29, 1.82) is 5.26 Å². The van der Waals surface area contributed by atoms with Crippen LogP contribution in [0.3, 0.4) is 0 Å². The molecule has 0 fully saturated rings. The van der Waals surface area contributed by atoms with Crippen LogP contribution in [0.25, 0.3) is 0 Å². The van der Waals surface area contributed by atoms with Crippen LogP contribution in [0.15, 0.2) is 0 Å². The molecule has 0 spiro atoms. The van der Waals surface area contributed by atoms with E-state index in [0.29, 0.717) is 0 Å². The van der Waals surface area contributed by atoms with Gasteiger partial charge in [-0.15, -0.1) is 0 Å². The molecule has 0 bridgehead atoms. The molecule has 0 aliphatic heterocycles. The minimum Gasteiger partial charge on any atom is -0.481 e. The number of hydrogen-bond acceptors (Lipinski definition) is 3. The van der Waals surface area contributed by atoms with E-state index in [1.807, 2.05) is 0 Å². The molecule has 0 saturated heterocycles. The molecule has 0 aliphatic rings. The van der Waals surface area contributed by atoms with Crippen LogP contribution in [-0.4, -0.2) is 23.5 Å². The Morgan fingerprint density at radius 3 is 2.46 bits per heavy atom. The Morgan fingerprint density at radius 1 is 1.54 bits per heavy atom. The van der Waals surface area contributed by atoms with Crippen molar-refractivity contribution in [1.82, 2.24) is 5.32 Å². The summed E-state index contributed by atoms with van der Waals surface area (Å²) >= 11 is 0. The lowest BCUT2D eigenvalue weighted by atomic mass is 9.89. The van der Waals surface area contributed by atoms with Crippen molar-refractivity contribution in [2.24, 2.45) is 5.41 Å². The van der Waals surface area contributed by atoms with Crippen LogP contribution in [0.1, 0.15) is 20.3 Å². The SMILES string of the molecule is CC(C)(CC(=O)NCC#N)C(=O)O. The minimum absolute atomic E-state index is 0.0888. The van der Waals surface area contributed by atoms with E-state index >= 15 is 0 Å². The minimum atomic E-state index is -1.08. The van der Waals surface area contributed by atoms with Crippen molar-refractivity contribution in [2.45, 2.75) is 20.3 Å². The van der Waals surface area contributed by atoms with Crippen LogP contribution in [0, 0.1) is 16.7 Å². The van der Waals surface area contributed by atoms with Crippen LogP contribution in [0.2, 0.25) is 0 Å². The van der Waals surface area contributed by atoms with Crippen LogP contribution < -0.4 is 5.32 Å². The molecule has 0 aromatic heterocycles. The average Bonchev–Trinajstić information content (AvgIpc) is 1.99. The number of carbonyl (C=O) groups excluding carboxylic acids is 1. The Hall–Kier alpha value is -1.57. The molecule has 13 heavy (non-hydrogen) atoms. The van der Waals surface area contributed by atoms with E-state index in [1.165, 1.54) is 13.8 Å². The van der Waals surface area contributed by atoms with Gasteiger partial charge in [-0.25, -0.2) is 0 Å². The number of nitriles is 1. The van der Waals surface area contributed by atoms with Gasteiger partial charge in [0.25, 0.3) is 0 Å². The molecule has 2 N–H and O–H groups in total.